The minimum Gasteiger partial charge on any atom is -0.396 e. The molecule has 1 unspecified atom stereocenters. The van der Waals surface area contributed by atoms with Gasteiger partial charge in [-0.1, -0.05) is 6.07 Å². The molecule has 1 saturated heterocycles. The molecule has 17 heavy (non-hydrogen) atoms. The second kappa shape index (κ2) is 5.02. The fourth-order valence-corrected chi connectivity index (χ4v) is 2.26. The standard InChI is InChI=1S/C13H19FN2O/c1-9(15)11-2-3-13(12(14)6-11)16-5-4-10(7-16)8-17/h2-3,6,9-10,17H,4-5,7-8,15H2,1H3/t9-,10?/m0/s1. The van der Waals surface area contributed by atoms with Gasteiger partial charge in [-0.15, -0.1) is 0 Å². The van der Waals surface area contributed by atoms with E-state index in [2.05, 4.69) is 0 Å². The fourth-order valence-electron chi connectivity index (χ4n) is 2.26. The summed E-state index contributed by atoms with van der Waals surface area (Å²) >= 11 is 0. The third-order valence-electron chi connectivity index (χ3n) is 3.38. The highest BCUT2D eigenvalue weighted by Gasteiger charge is 2.23. The molecule has 0 spiro atoms. The van der Waals surface area contributed by atoms with Crippen molar-refractivity contribution in [2.24, 2.45) is 11.7 Å². The van der Waals surface area contributed by atoms with Crippen LogP contribution < -0.4 is 10.6 Å². The number of anilines is 1. The maximum atomic E-state index is 13.9. The maximum Gasteiger partial charge on any atom is 0.146 e. The third-order valence-corrected chi connectivity index (χ3v) is 3.38. The van der Waals surface area contributed by atoms with E-state index < -0.39 is 0 Å². The molecule has 94 valence electrons. The predicted molar refractivity (Wildman–Crippen MR) is 66.4 cm³/mol. The summed E-state index contributed by atoms with van der Waals surface area (Å²) in [5.41, 5.74) is 7.14. The highest BCUT2D eigenvalue weighted by molar-refractivity contribution is 5.50. The fraction of sp³-hybridized carbons (Fsp3) is 0.538. The summed E-state index contributed by atoms with van der Waals surface area (Å²) in [6.45, 7) is 3.55. The van der Waals surface area contributed by atoms with Gasteiger partial charge in [-0.05, 0) is 31.0 Å². The van der Waals surface area contributed by atoms with Gasteiger partial charge in [0.25, 0.3) is 0 Å². The molecular formula is C13H19FN2O. The quantitative estimate of drug-likeness (QED) is 0.842. The smallest absolute Gasteiger partial charge is 0.146 e. The van der Waals surface area contributed by atoms with E-state index in [4.69, 9.17) is 10.8 Å². The van der Waals surface area contributed by atoms with E-state index in [1.54, 1.807) is 6.07 Å². The summed E-state index contributed by atoms with van der Waals surface area (Å²) in [7, 11) is 0. The molecule has 1 aromatic carbocycles. The third kappa shape index (κ3) is 2.58. The van der Waals surface area contributed by atoms with Crippen LogP contribution in [0.4, 0.5) is 10.1 Å². The van der Waals surface area contributed by atoms with Crippen LogP contribution in [0.25, 0.3) is 0 Å². The molecule has 0 saturated carbocycles. The summed E-state index contributed by atoms with van der Waals surface area (Å²) in [6, 6.07) is 5.01. The van der Waals surface area contributed by atoms with Crippen LogP contribution >= 0.6 is 0 Å². The monoisotopic (exact) mass is 238 g/mol. The van der Waals surface area contributed by atoms with Crippen molar-refractivity contribution in [3.05, 3.63) is 29.6 Å². The van der Waals surface area contributed by atoms with Gasteiger partial charge in [-0.25, -0.2) is 4.39 Å². The zero-order chi connectivity index (χ0) is 12.4. The number of halogens is 1. The maximum absolute atomic E-state index is 13.9. The summed E-state index contributed by atoms with van der Waals surface area (Å²) in [6.07, 6.45) is 0.922. The molecule has 1 fully saturated rings. The summed E-state index contributed by atoms with van der Waals surface area (Å²) in [4.78, 5) is 1.99. The van der Waals surface area contributed by atoms with Crippen molar-refractivity contribution in [2.75, 3.05) is 24.6 Å². The lowest BCUT2D eigenvalue weighted by Crippen LogP contribution is -2.22. The number of aliphatic hydroxyl groups is 1. The second-order valence-electron chi connectivity index (χ2n) is 4.78. The van der Waals surface area contributed by atoms with Gasteiger partial charge >= 0.3 is 0 Å². The van der Waals surface area contributed by atoms with Crippen molar-refractivity contribution in [2.45, 2.75) is 19.4 Å². The van der Waals surface area contributed by atoms with Crippen molar-refractivity contribution in [3.63, 3.8) is 0 Å². The average molecular weight is 238 g/mol. The highest BCUT2D eigenvalue weighted by atomic mass is 19.1. The van der Waals surface area contributed by atoms with Crippen LogP contribution in [0.15, 0.2) is 18.2 Å². The van der Waals surface area contributed by atoms with E-state index in [1.807, 2.05) is 17.9 Å². The summed E-state index contributed by atoms with van der Waals surface area (Å²) < 4.78 is 13.9. The van der Waals surface area contributed by atoms with Crippen molar-refractivity contribution < 1.29 is 9.50 Å². The molecule has 0 aliphatic carbocycles. The number of hydrogen-bond donors (Lipinski definition) is 2. The van der Waals surface area contributed by atoms with Crippen LogP contribution in [0.2, 0.25) is 0 Å². The van der Waals surface area contributed by atoms with Crippen molar-refractivity contribution in [1.82, 2.24) is 0 Å². The first-order valence-electron chi connectivity index (χ1n) is 6.02. The summed E-state index contributed by atoms with van der Waals surface area (Å²) in [5, 5.41) is 9.08. The van der Waals surface area contributed by atoms with Gasteiger partial charge in [0.05, 0.1) is 5.69 Å². The zero-order valence-corrected chi connectivity index (χ0v) is 10.1. The van der Waals surface area contributed by atoms with Crippen LogP contribution in [-0.2, 0) is 0 Å². The van der Waals surface area contributed by atoms with E-state index >= 15 is 0 Å². The largest absolute Gasteiger partial charge is 0.396 e. The molecule has 3 nitrogen and oxygen atoms in total. The minimum absolute atomic E-state index is 0.151. The lowest BCUT2D eigenvalue weighted by Gasteiger charge is -2.20. The van der Waals surface area contributed by atoms with Gasteiger partial charge < -0.3 is 15.7 Å². The molecule has 2 atom stereocenters. The van der Waals surface area contributed by atoms with Gasteiger partial charge in [0.2, 0.25) is 0 Å². The van der Waals surface area contributed by atoms with Crippen molar-refractivity contribution in [1.29, 1.82) is 0 Å². The molecule has 0 amide bonds. The van der Waals surface area contributed by atoms with Gasteiger partial charge in [-0.2, -0.15) is 0 Å². The first-order valence-corrected chi connectivity index (χ1v) is 6.02. The number of nitrogens with two attached hydrogens (primary N) is 1. The highest BCUT2D eigenvalue weighted by Crippen LogP contribution is 2.27. The van der Waals surface area contributed by atoms with Gasteiger partial charge in [0, 0.05) is 31.7 Å². The number of aliphatic hydroxyl groups excluding tert-OH is 1. The number of nitrogens with zero attached hydrogens (tertiary/aromatic N) is 1. The molecule has 1 heterocycles. The second-order valence-corrected chi connectivity index (χ2v) is 4.78. The number of rotatable bonds is 3. The number of benzene rings is 1. The Hall–Kier alpha value is -1.13. The Balaban J connectivity index is 2.17. The molecule has 1 aliphatic heterocycles. The minimum atomic E-state index is -0.224. The molecule has 1 aromatic rings. The molecule has 4 heteroatoms. The predicted octanol–water partition coefficient (Wildman–Crippen LogP) is 1.66. The first kappa shape index (κ1) is 12.3. The molecule has 1 aliphatic rings. The van der Waals surface area contributed by atoms with Gasteiger partial charge in [0.1, 0.15) is 5.82 Å². The van der Waals surface area contributed by atoms with E-state index in [0.717, 1.165) is 25.1 Å². The molecular weight excluding hydrogens is 219 g/mol. The first-order chi connectivity index (χ1) is 8.11. The van der Waals surface area contributed by atoms with Crippen LogP contribution in [0.5, 0.6) is 0 Å². The average Bonchev–Trinajstić information content (AvgIpc) is 2.77. The van der Waals surface area contributed by atoms with Crippen LogP contribution in [0, 0.1) is 11.7 Å². The lowest BCUT2D eigenvalue weighted by atomic mass is 10.1. The lowest BCUT2D eigenvalue weighted by molar-refractivity contribution is 0.238. The van der Waals surface area contributed by atoms with Crippen molar-refractivity contribution in [3.8, 4) is 0 Å². The van der Waals surface area contributed by atoms with Crippen LogP contribution in [0.3, 0.4) is 0 Å². The van der Waals surface area contributed by atoms with E-state index in [0.29, 0.717) is 5.69 Å². The van der Waals surface area contributed by atoms with E-state index in [1.165, 1.54) is 6.07 Å². The SMILES string of the molecule is C[C@H](N)c1ccc(N2CCC(CO)C2)c(F)c1. The Morgan fingerprint density at radius 3 is 2.88 bits per heavy atom. The topological polar surface area (TPSA) is 49.5 Å². The Bertz CT molecular complexity index is 395. The molecule has 0 bridgehead atoms. The Labute approximate surface area is 101 Å². The van der Waals surface area contributed by atoms with E-state index in [-0.39, 0.29) is 24.4 Å². The molecule has 0 radical (unpaired) electrons. The zero-order valence-electron chi connectivity index (χ0n) is 10.1. The normalized spacial score (nSPS) is 21.9. The Kier molecular flexibility index (Phi) is 3.64. The van der Waals surface area contributed by atoms with E-state index in [9.17, 15) is 4.39 Å². The Morgan fingerprint density at radius 2 is 2.35 bits per heavy atom. The van der Waals surface area contributed by atoms with Gasteiger partial charge in [-0.3, -0.25) is 0 Å². The Morgan fingerprint density at radius 1 is 1.59 bits per heavy atom. The number of hydrogen-bond acceptors (Lipinski definition) is 3. The van der Waals surface area contributed by atoms with Crippen molar-refractivity contribution >= 4 is 5.69 Å². The van der Waals surface area contributed by atoms with Crippen LogP contribution in [0.1, 0.15) is 24.9 Å². The summed E-state index contributed by atoms with van der Waals surface area (Å²) in [5.74, 6) is 0.0425. The van der Waals surface area contributed by atoms with Crippen LogP contribution in [-0.4, -0.2) is 24.8 Å². The molecule has 0 aromatic heterocycles. The van der Waals surface area contributed by atoms with Gasteiger partial charge in [0.15, 0.2) is 0 Å². The molecule has 2 rings (SSSR count). The molecule has 3 N–H and O–H groups in total.